The Bertz CT molecular complexity index is 982. The van der Waals surface area contributed by atoms with Crippen molar-refractivity contribution in [2.24, 2.45) is 0 Å². The lowest BCUT2D eigenvalue weighted by Gasteiger charge is -2.39. The van der Waals surface area contributed by atoms with Crippen molar-refractivity contribution in [2.75, 3.05) is 4.90 Å². The Labute approximate surface area is 172 Å². The molecule has 1 atom stereocenters. The smallest absolute Gasteiger partial charge is 0.232 e. The highest BCUT2D eigenvalue weighted by molar-refractivity contribution is 9.10. The largest absolute Gasteiger partial charge is 0.294 e. The van der Waals surface area contributed by atoms with E-state index in [9.17, 15) is 9.59 Å². The number of benzene rings is 2. The fourth-order valence-electron chi connectivity index (χ4n) is 4.18. The van der Waals surface area contributed by atoms with Gasteiger partial charge in [0, 0.05) is 34.5 Å². The molecule has 0 saturated carbocycles. The molecule has 2 aliphatic rings. The van der Waals surface area contributed by atoms with Gasteiger partial charge in [0.05, 0.1) is 10.7 Å². The summed E-state index contributed by atoms with van der Waals surface area (Å²) in [6.07, 6.45) is 2.29. The average molecular weight is 445 g/mol. The van der Waals surface area contributed by atoms with Crippen LogP contribution in [0.5, 0.6) is 0 Å². The summed E-state index contributed by atoms with van der Waals surface area (Å²) in [4.78, 5) is 27.8. The molecule has 3 nitrogen and oxygen atoms in total. The van der Waals surface area contributed by atoms with Crippen LogP contribution in [0.1, 0.15) is 42.7 Å². The predicted octanol–water partition coefficient (Wildman–Crippen LogP) is 5.94. The SMILES string of the molecule is Cc1ccccc1C1CC(=O)N(c2ccc(Br)cc2Cl)C2=C1C(=O)CCC2. The van der Waals surface area contributed by atoms with Gasteiger partial charge in [-0.3, -0.25) is 14.5 Å². The molecule has 1 heterocycles. The van der Waals surface area contributed by atoms with Gasteiger partial charge in [0.25, 0.3) is 0 Å². The maximum absolute atomic E-state index is 13.2. The molecule has 0 aromatic heterocycles. The van der Waals surface area contributed by atoms with Crippen LogP contribution in [0.25, 0.3) is 0 Å². The first-order chi connectivity index (χ1) is 13.0. The quantitative estimate of drug-likeness (QED) is 0.575. The summed E-state index contributed by atoms with van der Waals surface area (Å²) in [5, 5.41) is 0.497. The number of amides is 1. The lowest BCUT2D eigenvalue weighted by Crippen LogP contribution is -2.40. The Hall–Kier alpha value is -1.91. The Kier molecular flexibility index (Phi) is 4.95. The zero-order valence-electron chi connectivity index (χ0n) is 15.0. The van der Waals surface area contributed by atoms with Crippen LogP contribution >= 0.6 is 27.5 Å². The molecule has 1 aliphatic heterocycles. The number of carbonyl (C=O) groups is 2. The molecule has 1 amide bonds. The zero-order chi connectivity index (χ0) is 19.1. The minimum atomic E-state index is -0.174. The summed E-state index contributed by atoms with van der Waals surface area (Å²) in [5.41, 5.74) is 4.43. The minimum absolute atomic E-state index is 0.0130. The first-order valence-corrected chi connectivity index (χ1v) is 10.2. The average Bonchev–Trinajstić information content (AvgIpc) is 2.63. The van der Waals surface area contributed by atoms with Crippen LogP contribution in [0.15, 0.2) is 58.2 Å². The molecule has 0 N–H and O–H groups in total. The highest BCUT2D eigenvalue weighted by Gasteiger charge is 2.40. The standard InChI is InChI=1S/C22H19BrClNO2/c1-13-5-2-3-6-15(13)16-12-21(27)25(18-10-9-14(23)11-17(18)24)19-7-4-8-20(26)22(16)19/h2-3,5-6,9-11,16H,4,7-8,12H2,1H3. The van der Waals surface area contributed by atoms with Gasteiger partial charge < -0.3 is 0 Å². The number of ketones is 1. The second kappa shape index (κ2) is 7.25. The third-order valence-electron chi connectivity index (χ3n) is 5.39. The van der Waals surface area contributed by atoms with Crippen molar-refractivity contribution in [2.45, 2.75) is 38.5 Å². The second-order valence-corrected chi connectivity index (χ2v) is 8.40. The van der Waals surface area contributed by atoms with Crippen molar-refractivity contribution in [3.05, 3.63) is 74.4 Å². The molecule has 4 rings (SSSR count). The van der Waals surface area contributed by atoms with Crippen LogP contribution in [0, 0.1) is 6.92 Å². The number of halogens is 2. The number of aryl methyl sites for hydroxylation is 1. The molecule has 2 aromatic rings. The van der Waals surface area contributed by atoms with E-state index in [-0.39, 0.29) is 24.0 Å². The third kappa shape index (κ3) is 3.26. The van der Waals surface area contributed by atoms with Gasteiger partial charge >= 0.3 is 0 Å². The number of allylic oxidation sites excluding steroid dienone is 2. The Morgan fingerprint density at radius 1 is 1.11 bits per heavy atom. The van der Waals surface area contributed by atoms with Crippen LogP contribution in [0.3, 0.4) is 0 Å². The van der Waals surface area contributed by atoms with Crippen molar-refractivity contribution in [3.63, 3.8) is 0 Å². The summed E-state index contributed by atoms with van der Waals surface area (Å²) in [6, 6.07) is 13.5. The number of hydrogen-bond acceptors (Lipinski definition) is 2. The maximum Gasteiger partial charge on any atom is 0.232 e. The highest BCUT2D eigenvalue weighted by atomic mass is 79.9. The summed E-state index contributed by atoms with van der Waals surface area (Å²) in [5.74, 6) is -0.0388. The van der Waals surface area contributed by atoms with E-state index in [1.807, 2.05) is 43.3 Å². The normalized spacial score (nSPS) is 20.1. The number of carbonyl (C=O) groups excluding carboxylic acids is 2. The van der Waals surface area contributed by atoms with Crippen LogP contribution in [0.4, 0.5) is 5.69 Å². The molecule has 0 fully saturated rings. The molecular weight excluding hydrogens is 426 g/mol. The van der Waals surface area contributed by atoms with Gasteiger partial charge in [-0.2, -0.15) is 0 Å². The topological polar surface area (TPSA) is 37.4 Å². The maximum atomic E-state index is 13.2. The van der Waals surface area contributed by atoms with Gasteiger partial charge in [-0.25, -0.2) is 0 Å². The molecule has 0 saturated heterocycles. The van der Waals surface area contributed by atoms with E-state index < -0.39 is 0 Å². The summed E-state index contributed by atoms with van der Waals surface area (Å²) in [7, 11) is 0. The molecule has 0 bridgehead atoms. The van der Waals surface area contributed by atoms with Crippen molar-refractivity contribution < 1.29 is 9.59 Å². The molecule has 5 heteroatoms. The van der Waals surface area contributed by atoms with Crippen molar-refractivity contribution in [3.8, 4) is 0 Å². The van der Waals surface area contributed by atoms with Gasteiger partial charge in [0.1, 0.15) is 0 Å². The fraction of sp³-hybridized carbons (Fsp3) is 0.273. The van der Waals surface area contributed by atoms with Gasteiger partial charge in [0.15, 0.2) is 5.78 Å². The Morgan fingerprint density at radius 3 is 2.63 bits per heavy atom. The number of rotatable bonds is 2. The lowest BCUT2D eigenvalue weighted by molar-refractivity contribution is -0.119. The van der Waals surface area contributed by atoms with Crippen molar-refractivity contribution in [1.29, 1.82) is 0 Å². The monoisotopic (exact) mass is 443 g/mol. The van der Waals surface area contributed by atoms with Gasteiger partial charge in [-0.05, 0) is 49.1 Å². The van der Waals surface area contributed by atoms with E-state index in [1.165, 1.54) is 0 Å². The van der Waals surface area contributed by atoms with Gasteiger partial charge in [-0.1, -0.05) is 51.8 Å². The van der Waals surface area contributed by atoms with Gasteiger partial charge in [0.2, 0.25) is 5.91 Å². The zero-order valence-corrected chi connectivity index (χ0v) is 17.3. The first-order valence-electron chi connectivity index (χ1n) is 9.07. The van der Waals surface area contributed by atoms with E-state index in [0.717, 1.165) is 33.3 Å². The third-order valence-corrected chi connectivity index (χ3v) is 6.19. The number of anilines is 1. The molecule has 0 spiro atoms. The van der Waals surface area contributed by atoms with Crippen LogP contribution in [-0.4, -0.2) is 11.7 Å². The van der Waals surface area contributed by atoms with Crippen molar-refractivity contribution >= 4 is 44.9 Å². The van der Waals surface area contributed by atoms with E-state index in [4.69, 9.17) is 11.6 Å². The van der Waals surface area contributed by atoms with E-state index in [1.54, 1.807) is 11.0 Å². The molecule has 27 heavy (non-hydrogen) atoms. The molecule has 2 aromatic carbocycles. The van der Waals surface area contributed by atoms with E-state index in [2.05, 4.69) is 15.9 Å². The number of hydrogen-bond donors (Lipinski definition) is 0. The van der Waals surface area contributed by atoms with Crippen LogP contribution in [0.2, 0.25) is 5.02 Å². The van der Waals surface area contributed by atoms with Gasteiger partial charge in [-0.15, -0.1) is 0 Å². The van der Waals surface area contributed by atoms with E-state index >= 15 is 0 Å². The van der Waals surface area contributed by atoms with Crippen LogP contribution < -0.4 is 4.90 Å². The second-order valence-electron chi connectivity index (χ2n) is 7.08. The summed E-state index contributed by atoms with van der Waals surface area (Å²) < 4.78 is 0.854. The summed E-state index contributed by atoms with van der Waals surface area (Å²) >= 11 is 9.85. The Balaban J connectivity index is 1.90. The molecular formula is C22H19BrClNO2. The molecule has 0 radical (unpaired) electrons. The fourth-order valence-corrected chi connectivity index (χ4v) is 4.94. The number of Topliss-reactive ketones (excluding diaryl/α,β-unsaturated/α-hetero) is 1. The van der Waals surface area contributed by atoms with E-state index in [0.29, 0.717) is 23.6 Å². The molecule has 1 unspecified atom stereocenters. The Morgan fingerprint density at radius 2 is 1.89 bits per heavy atom. The number of nitrogens with zero attached hydrogens (tertiary/aromatic N) is 1. The summed E-state index contributed by atoms with van der Waals surface area (Å²) in [6.45, 7) is 2.03. The predicted molar refractivity (Wildman–Crippen MR) is 111 cm³/mol. The van der Waals surface area contributed by atoms with Crippen LogP contribution in [-0.2, 0) is 9.59 Å². The molecule has 1 aliphatic carbocycles. The first kappa shape index (κ1) is 18.5. The lowest BCUT2D eigenvalue weighted by atomic mass is 9.76. The minimum Gasteiger partial charge on any atom is -0.294 e. The highest BCUT2D eigenvalue weighted by Crippen LogP contribution is 2.45. The molecule has 138 valence electrons. The van der Waals surface area contributed by atoms with Crippen molar-refractivity contribution in [1.82, 2.24) is 0 Å².